The molecule has 1 amide bonds. The SMILES string of the molecule is CC1CC(C)C2OC3=C(C(=O)C2C1)C(c1ccccc1)N(Cc1cccnc1)C3=O. The predicted octanol–water partition coefficient (Wildman–Crippen LogP) is 4.07. The van der Waals surface area contributed by atoms with Crippen molar-refractivity contribution in [1.29, 1.82) is 0 Å². The normalized spacial score (nSPS) is 30.7. The summed E-state index contributed by atoms with van der Waals surface area (Å²) >= 11 is 0. The first-order valence-electron chi connectivity index (χ1n) is 10.7. The van der Waals surface area contributed by atoms with Crippen molar-refractivity contribution in [3.8, 4) is 0 Å². The van der Waals surface area contributed by atoms with Crippen LogP contribution in [0.15, 0.2) is 66.2 Å². The third-order valence-electron chi connectivity index (χ3n) is 6.72. The Bertz CT molecular complexity index is 1000. The molecule has 1 aromatic heterocycles. The Labute approximate surface area is 176 Å². The van der Waals surface area contributed by atoms with Gasteiger partial charge in [0.2, 0.25) is 0 Å². The van der Waals surface area contributed by atoms with E-state index in [-0.39, 0.29) is 35.4 Å². The second-order valence-corrected chi connectivity index (χ2v) is 8.96. The molecule has 5 unspecified atom stereocenters. The summed E-state index contributed by atoms with van der Waals surface area (Å²) < 4.78 is 6.33. The fraction of sp³-hybridized carbons (Fsp3) is 0.400. The molecule has 3 aliphatic rings. The highest BCUT2D eigenvalue weighted by molar-refractivity contribution is 6.11. The number of Topliss-reactive ketones (excluding diaryl/α,β-unsaturated/α-hetero) is 1. The molecule has 154 valence electrons. The van der Waals surface area contributed by atoms with E-state index >= 15 is 0 Å². The van der Waals surface area contributed by atoms with Gasteiger partial charge in [-0.3, -0.25) is 14.6 Å². The molecule has 0 saturated heterocycles. The number of pyridine rings is 1. The molecule has 5 nitrogen and oxygen atoms in total. The molecule has 2 aliphatic heterocycles. The Balaban J connectivity index is 1.58. The summed E-state index contributed by atoms with van der Waals surface area (Å²) in [6, 6.07) is 13.2. The van der Waals surface area contributed by atoms with E-state index in [9.17, 15) is 9.59 Å². The average molecular weight is 402 g/mol. The van der Waals surface area contributed by atoms with Crippen LogP contribution in [-0.4, -0.2) is 27.7 Å². The Kier molecular flexibility index (Phi) is 4.69. The quantitative estimate of drug-likeness (QED) is 0.777. The summed E-state index contributed by atoms with van der Waals surface area (Å²) in [5.74, 6) is 0.734. The van der Waals surface area contributed by atoms with Crippen molar-refractivity contribution >= 4 is 11.7 Å². The zero-order valence-corrected chi connectivity index (χ0v) is 17.3. The van der Waals surface area contributed by atoms with Crippen LogP contribution < -0.4 is 0 Å². The lowest BCUT2D eigenvalue weighted by Crippen LogP contribution is -2.45. The highest BCUT2D eigenvalue weighted by Crippen LogP contribution is 2.49. The van der Waals surface area contributed by atoms with Gasteiger partial charge in [-0.25, -0.2) is 0 Å². The van der Waals surface area contributed by atoms with Gasteiger partial charge in [-0.15, -0.1) is 0 Å². The van der Waals surface area contributed by atoms with E-state index in [1.54, 1.807) is 17.3 Å². The molecule has 1 aliphatic carbocycles. The molecule has 5 rings (SSSR count). The minimum absolute atomic E-state index is 0.0931. The second-order valence-electron chi connectivity index (χ2n) is 8.96. The van der Waals surface area contributed by atoms with Gasteiger partial charge in [0.05, 0.1) is 17.5 Å². The number of amides is 1. The first-order chi connectivity index (χ1) is 14.5. The molecule has 2 aromatic rings. The van der Waals surface area contributed by atoms with Crippen LogP contribution in [0.25, 0.3) is 0 Å². The van der Waals surface area contributed by atoms with E-state index in [2.05, 4.69) is 18.8 Å². The molecule has 3 heterocycles. The maximum absolute atomic E-state index is 13.7. The monoisotopic (exact) mass is 402 g/mol. The third-order valence-corrected chi connectivity index (χ3v) is 6.72. The standard InChI is InChI=1S/C25H26N2O3/c1-15-11-16(2)23-19(12-15)22(28)20-21(18-8-4-3-5-9-18)27(25(29)24(20)30-23)14-17-7-6-10-26-13-17/h3-10,13,15-16,19,21,23H,11-12,14H2,1-2H3. The van der Waals surface area contributed by atoms with Gasteiger partial charge in [-0.2, -0.15) is 0 Å². The number of carbonyl (C=O) groups is 2. The number of rotatable bonds is 3. The fourth-order valence-corrected chi connectivity index (χ4v) is 5.46. The van der Waals surface area contributed by atoms with Gasteiger partial charge in [0.15, 0.2) is 11.5 Å². The summed E-state index contributed by atoms with van der Waals surface area (Å²) in [5, 5.41) is 0. The van der Waals surface area contributed by atoms with Crippen molar-refractivity contribution in [2.45, 2.75) is 45.4 Å². The van der Waals surface area contributed by atoms with Crippen LogP contribution in [0.3, 0.4) is 0 Å². The lowest BCUT2D eigenvalue weighted by Gasteiger charge is -2.41. The zero-order valence-electron chi connectivity index (χ0n) is 17.3. The molecule has 0 radical (unpaired) electrons. The van der Waals surface area contributed by atoms with E-state index in [0.717, 1.165) is 24.0 Å². The summed E-state index contributed by atoms with van der Waals surface area (Å²) in [4.78, 5) is 33.2. The fourth-order valence-electron chi connectivity index (χ4n) is 5.46. The minimum atomic E-state index is -0.421. The van der Waals surface area contributed by atoms with Gasteiger partial charge < -0.3 is 9.64 Å². The van der Waals surface area contributed by atoms with Crippen LogP contribution in [0.5, 0.6) is 0 Å². The molecule has 30 heavy (non-hydrogen) atoms. The summed E-state index contributed by atoms with van der Waals surface area (Å²) in [6.45, 7) is 4.72. The molecule has 1 saturated carbocycles. The van der Waals surface area contributed by atoms with Crippen LogP contribution in [0.1, 0.15) is 43.9 Å². The summed E-state index contributed by atoms with van der Waals surface area (Å²) in [6.07, 6.45) is 5.12. The first kappa shape index (κ1) is 19.0. The summed E-state index contributed by atoms with van der Waals surface area (Å²) in [7, 11) is 0. The van der Waals surface area contributed by atoms with Gasteiger partial charge in [0.25, 0.3) is 5.91 Å². The van der Waals surface area contributed by atoms with E-state index in [1.165, 1.54) is 0 Å². The maximum Gasteiger partial charge on any atom is 0.290 e. The van der Waals surface area contributed by atoms with Crippen LogP contribution in [0, 0.1) is 17.8 Å². The molecule has 1 fully saturated rings. The van der Waals surface area contributed by atoms with Crippen molar-refractivity contribution in [2.24, 2.45) is 17.8 Å². The zero-order chi connectivity index (χ0) is 20.8. The van der Waals surface area contributed by atoms with E-state index in [0.29, 0.717) is 18.0 Å². The largest absolute Gasteiger partial charge is 0.483 e. The molecule has 0 spiro atoms. The lowest BCUT2D eigenvalue weighted by molar-refractivity contribution is -0.139. The van der Waals surface area contributed by atoms with Crippen LogP contribution >= 0.6 is 0 Å². The first-order valence-corrected chi connectivity index (χ1v) is 10.7. The van der Waals surface area contributed by atoms with Crippen LogP contribution in [0.2, 0.25) is 0 Å². The van der Waals surface area contributed by atoms with E-state index in [4.69, 9.17) is 4.74 Å². The highest BCUT2D eigenvalue weighted by Gasteiger charge is 2.53. The molecular formula is C25H26N2O3. The maximum atomic E-state index is 13.7. The number of hydrogen-bond donors (Lipinski definition) is 0. The van der Waals surface area contributed by atoms with Gasteiger partial charge in [0.1, 0.15) is 6.10 Å². The second kappa shape index (κ2) is 7.38. The third kappa shape index (κ3) is 3.04. The number of nitrogens with zero attached hydrogens (tertiary/aromatic N) is 2. The molecule has 1 aromatic carbocycles. The Morgan fingerprint density at radius 3 is 2.60 bits per heavy atom. The topological polar surface area (TPSA) is 59.5 Å². The van der Waals surface area contributed by atoms with Crippen molar-refractivity contribution < 1.29 is 14.3 Å². The number of hydrogen-bond acceptors (Lipinski definition) is 4. The van der Waals surface area contributed by atoms with Crippen molar-refractivity contribution in [3.05, 3.63) is 77.3 Å². The van der Waals surface area contributed by atoms with Gasteiger partial charge in [0, 0.05) is 18.9 Å². The molecular weight excluding hydrogens is 376 g/mol. The average Bonchev–Trinajstić information content (AvgIpc) is 3.02. The number of ketones is 1. The Hall–Kier alpha value is -2.95. The number of carbonyl (C=O) groups excluding carboxylic acids is 2. The van der Waals surface area contributed by atoms with Crippen molar-refractivity contribution in [3.63, 3.8) is 0 Å². The molecule has 0 N–H and O–H groups in total. The van der Waals surface area contributed by atoms with Gasteiger partial charge in [-0.05, 0) is 41.9 Å². The number of benzene rings is 1. The minimum Gasteiger partial charge on any atom is -0.483 e. The van der Waals surface area contributed by atoms with Crippen LogP contribution in [0.4, 0.5) is 0 Å². The Morgan fingerprint density at radius 2 is 1.87 bits per heavy atom. The molecule has 5 atom stereocenters. The lowest BCUT2D eigenvalue weighted by atomic mass is 9.70. The van der Waals surface area contributed by atoms with Gasteiger partial charge in [-0.1, -0.05) is 50.2 Å². The van der Waals surface area contributed by atoms with E-state index < -0.39 is 6.04 Å². The molecule has 5 heteroatoms. The highest BCUT2D eigenvalue weighted by atomic mass is 16.5. The van der Waals surface area contributed by atoms with Crippen LogP contribution in [-0.2, 0) is 20.9 Å². The number of aromatic nitrogens is 1. The predicted molar refractivity (Wildman–Crippen MR) is 112 cm³/mol. The Morgan fingerprint density at radius 1 is 1.07 bits per heavy atom. The van der Waals surface area contributed by atoms with Crippen molar-refractivity contribution in [2.75, 3.05) is 0 Å². The summed E-state index contributed by atoms with van der Waals surface area (Å²) in [5.41, 5.74) is 2.41. The molecule has 0 bridgehead atoms. The van der Waals surface area contributed by atoms with Gasteiger partial charge >= 0.3 is 0 Å². The smallest absolute Gasteiger partial charge is 0.290 e. The van der Waals surface area contributed by atoms with Crippen molar-refractivity contribution in [1.82, 2.24) is 9.88 Å². The van der Waals surface area contributed by atoms with E-state index in [1.807, 2.05) is 42.5 Å². The number of fused-ring (bicyclic) bond motifs is 1. The number of ether oxygens (including phenoxy) is 1.